The molecule has 1 spiro atoms. The predicted octanol–water partition coefficient (Wildman–Crippen LogP) is 5.85. The van der Waals surface area contributed by atoms with Crippen LogP contribution in [0.25, 0.3) is 0 Å². The smallest absolute Gasteiger partial charge is 0.186 e. The molecule has 1 heterocycles. The average Bonchev–Trinajstić information content (AvgIpc) is 3.49. The van der Waals surface area contributed by atoms with E-state index in [9.17, 15) is 20.4 Å². The minimum Gasteiger partial charge on any atom is -0.394 e. The summed E-state index contributed by atoms with van der Waals surface area (Å²) in [6, 6.07) is 0. The summed E-state index contributed by atoms with van der Waals surface area (Å²) in [5, 5.41) is 40.5. The predicted molar refractivity (Wildman–Crippen MR) is 163 cm³/mol. The number of allylic oxidation sites excluding steroid dienone is 1. The summed E-state index contributed by atoms with van der Waals surface area (Å²) < 4.78 is 11.9. The number of rotatable bonds is 9. The number of aliphatic hydroxyl groups excluding tert-OH is 4. The van der Waals surface area contributed by atoms with Crippen LogP contribution in [-0.4, -0.2) is 63.8 Å². The SMILES string of the molecule is CC[C@@H](CC[C@@H](C)[C@@H]1CC[C@H]2C[C@@]34CC=C5C[C@@H](O[C@@H]6O[C@@H](CO)[C@@H](O)[C@H](O)[C@H]6O)CC[C@]5(C)[C@@H]3[C@H]4C[C@]21C)C(C)C. The maximum atomic E-state index is 10.5. The Hall–Kier alpha value is -0.500. The molecule has 4 saturated carbocycles. The fourth-order valence-corrected chi connectivity index (χ4v) is 11.8. The van der Waals surface area contributed by atoms with E-state index in [1.165, 1.54) is 56.9 Å². The van der Waals surface area contributed by atoms with Crippen LogP contribution >= 0.6 is 0 Å². The Kier molecular flexibility index (Phi) is 8.53. The van der Waals surface area contributed by atoms with E-state index in [1.807, 2.05) is 0 Å². The first-order valence-electron chi connectivity index (χ1n) is 17.5. The maximum Gasteiger partial charge on any atom is 0.186 e. The minimum absolute atomic E-state index is 0.0968. The molecule has 5 fully saturated rings. The van der Waals surface area contributed by atoms with Gasteiger partial charge < -0.3 is 29.9 Å². The van der Waals surface area contributed by atoms with E-state index in [2.05, 4.69) is 47.6 Å². The van der Waals surface area contributed by atoms with E-state index < -0.39 is 37.3 Å². The van der Waals surface area contributed by atoms with Gasteiger partial charge in [-0.15, -0.1) is 0 Å². The van der Waals surface area contributed by atoms with Crippen molar-refractivity contribution in [1.82, 2.24) is 0 Å². The quantitative estimate of drug-likeness (QED) is 0.252. The first kappa shape index (κ1) is 31.5. The lowest BCUT2D eigenvalue weighted by Crippen LogP contribution is -2.59. The van der Waals surface area contributed by atoms with Crippen molar-refractivity contribution < 1.29 is 29.9 Å². The van der Waals surface area contributed by atoms with E-state index in [-0.39, 0.29) is 11.5 Å². The Morgan fingerprint density at radius 2 is 1.76 bits per heavy atom. The normalized spacial score (nSPS) is 51.2. The van der Waals surface area contributed by atoms with Gasteiger partial charge in [0.15, 0.2) is 6.29 Å². The number of ether oxygens (including phenoxy) is 2. The van der Waals surface area contributed by atoms with E-state index in [0.29, 0.717) is 10.8 Å². The lowest BCUT2D eigenvalue weighted by molar-refractivity contribution is -0.312. The van der Waals surface area contributed by atoms with Gasteiger partial charge in [-0.2, -0.15) is 0 Å². The number of hydrogen-bond donors (Lipinski definition) is 4. The molecular weight excluding hydrogens is 528 g/mol. The summed E-state index contributed by atoms with van der Waals surface area (Å²) in [7, 11) is 0. The van der Waals surface area contributed by atoms with Crippen molar-refractivity contribution in [3.05, 3.63) is 11.6 Å². The zero-order valence-corrected chi connectivity index (χ0v) is 27.2. The lowest BCUT2D eigenvalue weighted by Gasteiger charge is -2.47. The molecule has 0 aromatic heterocycles. The van der Waals surface area contributed by atoms with Crippen LogP contribution in [0.1, 0.15) is 112 Å². The van der Waals surface area contributed by atoms with Crippen LogP contribution in [0.2, 0.25) is 0 Å². The maximum absolute atomic E-state index is 10.5. The largest absolute Gasteiger partial charge is 0.394 e. The molecule has 4 N–H and O–H groups in total. The molecule has 240 valence electrons. The molecular formula is C36H60O6. The molecule has 6 heteroatoms. The van der Waals surface area contributed by atoms with Crippen molar-refractivity contribution in [2.75, 3.05) is 6.61 Å². The fraction of sp³-hybridized carbons (Fsp3) is 0.944. The van der Waals surface area contributed by atoms with Crippen LogP contribution in [0.4, 0.5) is 0 Å². The fourth-order valence-electron chi connectivity index (χ4n) is 11.8. The third-order valence-corrected chi connectivity index (χ3v) is 14.4. The summed E-state index contributed by atoms with van der Waals surface area (Å²) >= 11 is 0. The number of fused-ring (bicyclic) bond motifs is 4. The Balaban J connectivity index is 1.11. The highest BCUT2D eigenvalue weighted by Gasteiger charge is 2.76. The molecule has 42 heavy (non-hydrogen) atoms. The number of hydrogen-bond acceptors (Lipinski definition) is 6. The molecule has 5 aliphatic carbocycles. The van der Waals surface area contributed by atoms with Crippen molar-refractivity contribution in [3.63, 3.8) is 0 Å². The summed E-state index contributed by atoms with van der Waals surface area (Å²) in [5.74, 6) is 5.84. The highest BCUT2D eigenvalue weighted by molar-refractivity contribution is 5.35. The zero-order chi connectivity index (χ0) is 30.2. The van der Waals surface area contributed by atoms with Crippen LogP contribution < -0.4 is 0 Å². The third kappa shape index (κ3) is 4.88. The van der Waals surface area contributed by atoms with Gasteiger partial charge in [0.05, 0.1) is 12.7 Å². The average molecular weight is 589 g/mol. The molecule has 6 nitrogen and oxygen atoms in total. The number of aliphatic hydroxyl groups is 4. The molecule has 0 bridgehead atoms. The van der Waals surface area contributed by atoms with Crippen LogP contribution in [0.15, 0.2) is 11.6 Å². The van der Waals surface area contributed by atoms with Crippen LogP contribution in [0.3, 0.4) is 0 Å². The monoisotopic (exact) mass is 588 g/mol. The van der Waals surface area contributed by atoms with Gasteiger partial charge in [-0.05, 0) is 115 Å². The van der Waals surface area contributed by atoms with Gasteiger partial charge in [-0.3, -0.25) is 0 Å². The Morgan fingerprint density at radius 3 is 2.45 bits per heavy atom. The van der Waals surface area contributed by atoms with Gasteiger partial charge in [0.1, 0.15) is 24.4 Å². The van der Waals surface area contributed by atoms with Gasteiger partial charge in [-0.1, -0.05) is 66.0 Å². The highest BCUT2D eigenvalue weighted by Crippen LogP contribution is 2.83. The highest BCUT2D eigenvalue weighted by atomic mass is 16.7. The molecule has 0 amide bonds. The third-order valence-electron chi connectivity index (χ3n) is 14.4. The van der Waals surface area contributed by atoms with Crippen molar-refractivity contribution in [3.8, 4) is 0 Å². The Bertz CT molecular complexity index is 1010. The van der Waals surface area contributed by atoms with E-state index in [0.717, 1.165) is 60.7 Å². The first-order valence-corrected chi connectivity index (χ1v) is 17.5. The van der Waals surface area contributed by atoms with E-state index in [4.69, 9.17) is 9.47 Å². The second-order valence-corrected chi connectivity index (χ2v) is 16.6. The van der Waals surface area contributed by atoms with Crippen molar-refractivity contribution in [2.45, 2.75) is 149 Å². The molecule has 0 aromatic carbocycles. The Labute approximate surface area is 254 Å². The topological polar surface area (TPSA) is 99.4 Å². The van der Waals surface area contributed by atoms with Gasteiger partial charge in [0.2, 0.25) is 0 Å². The zero-order valence-electron chi connectivity index (χ0n) is 27.2. The molecule has 6 rings (SSSR count). The molecule has 1 aliphatic heterocycles. The summed E-state index contributed by atoms with van der Waals surface area (Å²) in [5.41, 5.74) is 2.75. The molecule has 0 radical (unpaired) electrons. The molecule has 1 saturated heterocycles. The molecule has 0 unspecified atom stereocenters. The van der Waals surface area contributed by atoms with Crippen LogP contribution in [0, 0.1) is 57.7 Å². The molecule has 0 aromatic rings. The van der Waals surface area contributed by atoms with Crippen LogP contribution in [-0.2, 0) is 9.47 Å². The van der Waals surface area contributed by atoms with E-state index in [1.54, 1.807) is 0 Å². The van der Waals surface area contributed by atoms with Gasteiger partial charge in [-0.25, -0.2) is 0 Å². The summed E-state index contributed by atoms with van der Waals surface area (Å²) in [6.45, 7) is 14.5. The lowest BCUT2D eigenvalue weighted by atomic mass is 9.58. The molecule has 6 aliphatic rings. The van der Waals surface area contributed by atoms with Gasteiger partial charge in [0.25, 0.3) is 0 Å². The second-order valence-electron chi connectivity index (χ2n) is 16.6. The van der Waals surface area contributed by atoms with Crippen molar-refractivity contribution in [1.29, 1.82) is 0 Å². The van der Waals surface area contributed by atoms with E-state index >= 15 is 0 Å². The van der Waals surface area contributed by atoms with Gasteiger partial charge >= 0.3 is 0 Å². The summed E-state index contributed by atoms with van der Waals surface area (Å²) in [6.07, 6.45) is 10.2. The second kappa shape index (κ2) is 11.4. The minimum atomic E-state index is -1.39. The van der Waals surface area contributed by atoms with Crippen molar-refractivity contribution >= 4 is 0 Å². The van der Waals surface area contributed by atoms with Gasteiger partial charge in [0, 0.05) is 0 Å². The van der Waals surface area contributed by atoms with Crippen molar-refractivity contribution in [2.24, 2.45) is 57.7 Å². The summed E-state index contributed by atoms with van der Waals surface area (Å²) in [4.78, 5) is 0. The Morgan fingerprint density at radius 1 is 1.00 bits per heavy atom. The van der Waals surface area contributed by atoms with Crippen LogP contribution in [0.5, 0.6) is 0 Å². The standard InChI is InChI=1S/C36H60O6/c1-7-22(20(2)3)9-8-21(4)26-11-10-24-17-36-15-12-23-16-25(41-33-31(40)30(39)29(38)28(19-37)42-33)13-14-34(23,5)32(36)27(36)18-35(24,26)6/h12,20-22,24-33,37-40H,7-11,13-19H2,1-6H3/t21-,22+,24+,25+,26+,27-,28+,29-,30+,31-,32+,33-,34+,35-,36-/m1/s1. The first-order chi connectivity index (χ1) is 19.9. The molecule has 15 atom stereocenters.